The monoisotopic (exact) mass is 1010 g/mol. The Kier molecular flexibility index (Phi) is 12.2. The summed E-state index contributed by atoms with van der Waals surface area (Å²) >= 11 is 0. The number of ether oxygens (including phenoxy) is 1. The van der Waals surface area contributed by atoms with Gasteiger partial charge in [-0.1, -0.05) is 146 Å². The summed E-state index contributed by atoms with van der Waals surface area (Å²) in [4.78, 5) is 4.88. The van der Waals surface area contributed by atoms with Crippen molar-refractivity contribution >= 4 is 21.8 Å². The van der Waals surface area contributed by atoms with E-state index in [2.05, 4.69) is 198 Å². The average Bonchev–Trinajstić information content (AvgIpc) is 3.90. The zero-order valence-electron chi connectivity index (χ0n) is 37.4. The van der Waals surface area contributed by atoms with Gasteiger partial charge in [0.05, 0.1) is 5.69 Å². The Balaban J connectivity index is 0.00000544. The Bertz CT molecular complexity index is 3020. The van der Waals surface area contributed by atoms with E-state index in [0.29, 0.717) is 17.4 Å². The summed E-state index contributed by atoms with van der Waals surface area (Å²) in [6, 6.07) is 54.4. The summed E-state index contributed by atoms with van der Waals surface area (Å²) in [5, 5.41) is 2.25. The first kappa shape index (κ1) is 43.6. The van der Waals surface area contributed by atoms with Crippen LogP contribution in [0.5, 0.6) is 11.5 Å². The first-order valence-electron chi connectivity index (χ1n) is 21.9. The summed E-state index contributed by atoms with van der Waals surface area (Å²) in [5.74, 6) is 2.55. The maximum Gasteiger partial charge on any atom is 0.267 e. The second kappa shape index (κ2) is 17.6. The van der Waals surface area contributed by atoms with E-state index in [0.717, 1.165) is 68.5 Å². The van der Waals surface area contributed by atoms with E-state index in [4.69, 9.17) is 9.72 Å². The van der Waals surface area contributed by atoms with Gasteiger partial charge in [0, 0.05) is 56.7 Å². The van der Waals surface area contributed by atoms with Crippen LogP contribution in [0.4, 0.5) is 0 Å². The van der Waals surface area contributed by atoms with Crippen molar-refractivity contribution in [2.24, 2.45) is 0 Å². The van der Waals surface area contributed by atoms with Crippen LogP contribution in [0.1, 0.15) is 90.8 Å². The molecule has 6 heteroatoms. The van der Waals surface area contributed by atoms with Crippen LogP contribution in [0.3, 0.4) is 0 Å². The minimum Gasteiger partial charge on any atom is -0.510 e. The van der Waals surface area contributed by atoms with Crippen LogP contribution >= 0.6 is 0 Å². The summed E-state index contributed by atoms with van der Waals surface area (Å²) in [6.45, 7) is 18.2. The van der Waals surface area contributed by atoms with Crippen molar-refractivity contribution < 1.29 is 30.4 Å². The fraction of sp³-hybridized carbons (Fsp3) is 0.228. The van der Waals surface area contributed by atoms with Gasteiger partial charge in [0.1, 0.15) is 5.82 Å². The van der Waals surface area contributed by atoms with Gasteiger partial charge in [-0.05, 0) is 97.8 Å². The van der Waals surface area contributed by atoms with Crippen molar-refractivity contribution in [1.29, 1.82) is 0 Å². The third kappa shape index (κ3) is 8.69. The molecule has 0 radical (unpaired) electrons. The molecule has 0 saturated heterocycles. The second-order valence-corrected chi connectivity index (χ2v) is 18.4. The van der Waals surface area contributed by atoms with Crippen LogP contribution < -0.4 is 9.30 Å². The van der Waals surface area contributed by atoms with Crippen molar-refractivity contribution in [1.82, 2.24) is 14.1 Å². The Labute approximate surface area is 387 Å². The molecule has 0 saturated carbocycles. The fourth-order valence-electron chi connectivity index (χ4n) is 8.61. The van der Waals surface area contributed by atoms with E-state index < -0.39 is 0 Å². The molecule has 0 bridgehead atoms. The molecule has 0 aliphatic carbocycles. The molecule has 0 aliphatic heterocycles. The fourth-order valence-corrected chi connectivity index (χ4v) is 8.61. The topological polar surface area (TPSA) is 35.9 Å². The minimum absolute atomic E-state index is 0. The molecule has 3 heterocycles. The number of rotatable bonds is 10. The van der Waals surface area contributed by atoms with E-state index in [-0.39, 0.29) is 31.9 Å². The van der Waals surface area contributed by atoms with Gasteiger partial charge in [-0.15, -0.1) is 29.7 Å². The van der Waals surface area contributed by atoms with Crippen molar-refractivity contribution in [3.05, 3.63) is 187 Å². The third-order valence-electron chi connectivity index (χ3n) is 12.2. The van der Waals surface area contributed by atoms with E-state index in [1.165, 1.54) is 22.3 Å². The number of imidazole rings is 1. The number of pyridine rings is 1. The molecule has 9 aromatic rings. The van der Waals surface area contributed by atoms with Gasteiger partial charge in [0.25, 0.3) is 6.33 Å². The van der Waals surface area contributed by atoms with E-state index in [1.807, 2.05) is 41.2 Å². The molecule has 320 valence electrons. The molecule has 6 aromatic carbocycles. The molecule has 0 amide bonds. The van der Waals surface area contributed by atoms with E-state index in [1.54, 1.807) is 0 Å². The number of fused-ring (bicyclic) bond motifs is 3. The van der Waals surface area contributed by atoms with Crippen molar-refractivity contribution in [3.8, 4) is 50.9 Å². The Morgan fingerprint density at radius 1 is 0.651 bits per heavy atom. The Hall–Kier alpha value is -6.03. The SMILES string of the molecule is CCC(CC)c1ccnc(-n2c3[c-]c(Oc4[c-]c(-n5[c-][n+](-c6c(-c7ccccc7)cccc6-c6cc(C(C)(C)C)cc(C(C)(C)C)c6)cc5)ccc4)ccc3c3ccccc32)c1.[Pt]. The van der Waals surface area contributed by atoms with Crippen LogP contribution in [0.25, 0.3) is 61.3 Å². The van der Waals surface area contributed by atoms with E-state index in [9.17, 15) is 0 Å². The number of benzene rings is 6. The van der Waals surface area contributed by atoms with E-state index >= 15 is 0 Å². The second-order valence-electron chi connectivity index (χ2n) is 18.4. The van der Waals surface area contributed by atoms with Gasteiger partial charge < -0.3 is 13.9 Å². The minimum atomic E-state index is -0.0173. The third-order valence-corrected chi connectivity index (χ3v) is 12.2. The largest absolute Gasteiger partial charge is 0.510 e. The van der Waals surface area contributed by atoms with Crippen molar-refractivity contribution in [2.75, 3.05) is 0 Å². The predicted molar refractivity (Wildman–Crippen MR) is 254 cm³/mol. The molecule has 0 spiro atoms. The van der Waals surface area contributed by atoms with Gasteiger partial charge in [0.15, 0.2) is 0 Å². The zero-order valence-corrected chi connectivity index (χ0v) is 39.7. The number of hydrogen-bond acceptors (Lipinski definition) is 2. The number of aromatic nitrogens is 4. The Morgan fingerprint density at radius 2 is 1.32 bits per heavy atom. The molecular formula is C57H54N4OPt-2. The van der Waals surface area contributed by atoms with Gasteiger partial charge in [-0.2, -0.15) is 18.2 Å². The number of hydrogen-bond donors (Lipinski definition) is 0. The van der Waals surface area contributed by atoms with Gasteiger partial charge in [0.2, 0.25) is 0 Å². The molecule has 0 N–H and O–H groups in total. The smallest absolute Gasteiger partial charge is 0.267 e. The van der Waals surface area contributed by atoms with Crippen LogP contribution in [-0.4, -0.2) is 14.1 Å². The first-order valence-corrected chi connectivity index (χ1v) is 21.9. The molecule has 3 aromatic heterocycles. The maximum atomic E-state index is 6.58. The first-order chi connectivity index (χ1) is 29.9. The molecule has 63 heavy (non-hydrogen) atoms. The van der Waals surface area contributed by atoms with Crippen LogP contribution in [0.15, 0.2) is 152 Å². The molecule has 0 aliphatic rings. The molecule has 0 fully saturated rings. The molecule has 0 atom stereocenters. The molecule has 5 nitrogen and oxygen atoms in total. The number of para-hydroxylation sites is 2. The Morgan fingerprint density at radius 3 is 2.03 bits per heavy atom. The quantitative estimate of drug-likeness (QED) is 0.101. The van der Waals surface area contributed by atoms with Crippen LogP contribution in [-0.2, 0) is 31.9 Å². The average molecular weight is 1010 g/mol. The predicted octanol–water partition coefficient (Wildman–Crippen LogP) is 14.3. The summed E-state index contributed by atoms with van der Waals surface area (Å²) in [7, 11) is 0. The molecular weight excluding hydrogens is 952 g/mol. The van der Waals surface area contributed by atoms with Gasteiger partial charge in [-0.25, -0.2) is 4.98 Å². The normalized spacial score (nSPS) is 12.0. The molecule has 0 unspecified atom stereocenters. The van der Waals surface area contributed by atoms with Crippen molar-refractivity contribution in [3.63, 3.8) is 0 Å². The summed E-state index contributed by atoms with van der Waals surface area (Å²) < 4.78 is 12.9. The molecule has 9 rings (SSSR count). The van der Waals surface area contributed by atoms with Gasteiger partial charge >= 0.3 is 0 Å². The van der Waals surface area contributed by atoms with Crippen LogP contribution in [0.2, 0.25) is 0 Å². The van der Waals surface area contributed by atoms with Crippen molar-refractivity contribution in [2.45, 2.75) is 85.0 Å². The summed E-state index contributed by atoms with van der Waals surface area (Å²) in [6.07, 6.45) is 11.9. The number of nitrogens with zero attached hydrogens (tertiary/aromatic N) is 4. The van der Waals surface area contributed by atoms with Crippen LogP contribution in [0, 0.1) is 18.5 Å². The maximum absolute atomic E-state index is 6.58. The zero-order chi connectivity index (χ0) is 43.2. The summed E-state index contributed by atoms with van der Waals surface area (Å²) in [5.41, 5.74) is 12.4. The van der Waals surface area contributed by atoms with Gasteiger partial charge in [-0.3, -0.25) is 4.57 Å². The standard InChI is InChI=1S/C57H54N4O.Pt/c1-9-39(10-2)41-28-29-58-54(34-41)61-52-25-15-14-22-50(52)51-27-26-47(37-53(51)61)62-46-21-16-20-45(36-46)59-30-31-60(38-59)55-48(40-18-12-11-13-19-40)23-17-24-49(55)42-32-43(56(3,4)5)35-44(33-42)57(6,7)8;/h11-35,39H,9-10H2,1-8H3;/q-2;.